The molecule has 0 aromatic heterocycles. The number of epoxide rings is 2. The molecule has 2 rings (SSSR count). The van der Waals surface area contributed by atoms with Gasteiger partial charge in [0.25, 0.3) is 0 Å². The van der Waals surface area contributed by atoms with Crippen molar-refractivity contribution in [3.8, 4) is 0 Å². The predicted molar refractivity (Wildman–Crippen MR) is 132 cm³/mol. The van der Waals surface area contributed by atoms with Gasteiger partial charge in [-0.05, 0) is 51.4 Å². The molecular weight excluding hydrogens is 384 g/mol. The average molecular weight is 439 g/mol. The van der Waals surface area contributed by atoms with Crippen molar-refractivity contribution in [2.24, 2.45) is 11.8 Å². The van der Waals surface area contributed by atoms with Crippen LogP contribution in [0.3, 0.4) is 0 Å². The van der Waals surface area contributed by atoms with Gasteiger partial charge in [0.2, 0.25) is 0 Å². The summed E-state index contributed by atoms with van der Waals surface area (Å²) in [6, 6.07) is 0. The third-order valence-electron chi connectivity index (χ3n) is 8.76. The molecule has 3 nitrogen and oxygen atoms in total. The highest BCUT2D eigenvalue weighted by atomic mass is 16.7. The van der Waals surface area contributed by atoms with E-state index >= 15 is 0 Å². The van der Waals surface area contributed by atoms with Crippen molar-refractivity contribution in [1.82, 2.24) is 0 Å². The number of ether oxygens (including phenoxy) is 3. The maximum atomic E-state index is 7.20. The minimum Gasteiger partial charge on any atom is -0.369 e. The summed E-state index contributed by atoms with van der Waals surface area (Å²) in [5.74, 6) is 1.45. The molecule has 2 saturated heterocycles. The Hall–Kier alpha value is -0.120. The lowest BCUT2D eigenvalue weighted by Gasteiger charge is -2.36. The van der Waals surface area contributed by atoms with E-state index < -0.39 is 0 Å². The van der Waals surface area contributed by atoms with Crippen LogP contribution in [-0.2, 0) is 14.2 Å². The molecule has 0 aromatic carbocycles. The van der Waals surface area contributed by atoms with Gasteiger partial charge in [-0.15, -0.1) is 0 Å². The van der Waals surface area contributed by atoms with Gasteiger partial charge in [-0.1, -0.05) is 92.9 Å². The summed E-state index contributed by atoms with van der Waals surface area (Å²) in [6.07, 6.45) is 15.6. The fourth-order valence-corrected chi connectivity index (χ4v) is 5.97. The summed E-state index contributed by atoms with van der Waals surface area (Å²) < 4.78 is 19.8. The zero-order valence-corrected chi connectivity index (χ0v) is 22.2. The van der Waals surface area contributed by atoms with E-state index in [4.69, 9.17) is 14.2 Å². The lowest BCUT2D eigenvalue weighted by molar-refractivity contribution is -0.104. The summed E-state index contributed by atoms with van der Waals surface area (Å²) in [7, 11) is 0. The molecule has 8 atom stereocenters. The zero-order valence-electron chi connectivity index (χ0n) is 22.2. The maximum absolute atomic E-state index is 7.20. The van der Waals surface area contributed by atoms with Crippen LogP contribution in [0, 0.1) is 11.8 Å². The average Bonchev–Trinajstić information content (AvgIpc) is 3.66. The van der Waals surface area contributed by atoms with Crippen LogP contribution < -0.4 is 0 Å². The van der Waals surface area contributed by atoms with Gasteiger partial charge in [0.15, 0.2) is 0 Å². The smallest absolute Gasteiger partial charge is 0.120 e. The SMILES string of the molecule is CCCCC(CC)CC(OC(CC(CC)CCCC)C1(CC)OC1C)C1(CC)OC1C. The zero-order chi connectivity index (χ0) is 23.1. The van der Waals surface area contributed by atoms with Gasteiger partial charge in [0.05, 0.1) is 24.4 Å². The Kier molecular flexibility index (Phi) is 10.8. The van der Waals surface area contributed by atoms with Crippen molar-refractivity contribution >= 4 is 0 Å². The first kappa shape index (κ1) is 27.1. The van der Waals surface area contributed by atoms with Crippen molar-refractivity contribution in [2.75, 3.05) is 0 Å². The standard InChI is InChI=1S/C28H54O3/c1-9-15-17-23(11-3)19-25(27(13-5)21(7)30-27)29-26(28(14-6)22(8)31-28)20-24(12-4)18-16-10-2/h21-26H,9-20H2,1-8H3. The molecule has 31 heavy (non-hydrogen) atoms. The van der Waals surface area contributed by atoms with Crippen molar-refractivity contribution in [3.05, 3.63) is 0 Å². The molecule has 2 heterocycles. The van der Waals surface area contributed by atoms with E-state index in [9.17, 15) is 0 Å². The van der Waals surface area contributed by atoms with Crippen LogP contribution in [0.2, 0.25) is 0 Å². The van der Waals surface area contributed by atoms with Crippen LogP contribution in [0.25, 0.3) is 0 Å². The Morgan fingerprint density at radius 2 is 1.03 bits per heavy atom. The molecule has 2 aliphatic heterocycles. The number of hydrogen-bond acceptors (Lipinski definition) is 3. The topological polar surface area (TPSA) is 34.3 Å². The Morgan fingerprint density at radius 1 is 0.677 bits per heavy atom. The lowest BCUT2D eigenvalue weighted by Crippen LogP contribution is -2.44. The summed E-state index contributed by atoms with van der Waals surface area (Å²) in [5.41, 5.74) is -0.174. The summed E-state index contributed by atoms with van der Waals surface area (Å²) in [5, 5.41) is 0. The molecule has 0 bridgehead atoms. The Labute approximate surface area is 194 Å². The molecule has 0 radical (unpaired) electrons. The van der Waals surface area contributed by atoms with E-state index in [0.717, 1.165) is 37.5 Å². The van der Waals surface area contributed by atoms with Gasteiger partial charge in [0, 0.05) is 0 Å². The highest BCUT2D eigenvalue weighted by Crippen LogP contribution is 2.51. The van der Waals surface area contributed by atoms with Gasteiger partial charge >= 0.3 is 0 Å². The van der Waals surface area contributed by atoms with Crippen LogP contribution in [0.1, 0.15) is 132 Å². The molecule has 3 heteroatoms. The lowest BCUT2D eigenvalue weighted by atomic mass is 9.82. The van der Waals surface area contributed by atoms with Crippen molar-refractivity contribution in [3.63, 3.8) is 0 Å². The summed E-state index contributed by atoms with van der Waals surface area (Å²) in [4.78, 5) is 0. The number of unbranched alkanes of at least 4 members (excludes halogenated alkanes) is 2. The molecule has 0 spiro atoms. The molecule has 0 saturated carbocycles. The Balaban J connectivity index is 2.22. The summed E-state index contributed by atoms with van der Waals surface area (Å²) >= 11 is 0. The fraction of sp³-hybridized carbons (Fsp3) is 1.00. The maximum Gasteiger partial charge on any atom is 0.120 e. The second-order valence-electron chi connectivity index (χ2n) is 10.6. The molecule has 0 aromatic rings. The van der Waals surface area contributed by atoms with Crippen LogP contribution in [0.15, 0.2) is 0 Å². The second-order valence-corrected chi connectivity index (χ2v) is 10.6. The molecule has 0 aliphatic carbocycles. The highest BCUT2D eigenvalue weighted by Gasteiger charge is 2.63. The minimum atomic E-state index is -0.0872. The van der Waals surface area contributed by atoms with E-state index in [1.54, 1.807) is 0 Å². The molecular formula is C28H54O3. The van der Waals surface area contributed by atoms with Crippen LogP contribution in [0.4, 0.5) is 0 Å². The third kappa shape index (κ3) is 6.48. The van der Waals surface area contributed by atoms with Crippen LogP contribution >= 0.6 is 0 Å². The third-order valence-corrected chi connectivity index (χ3v) is 8.76. The normalized spacial score (nSPS) is 33.7. The minimum absolute atomic E-state index is 0.0872. The number of rotatable bonds is 18. The molecule has 0 N–H and O–H groups in total. The van der Waals surface area contributed by atoms with Crippen molar-refractivity contribution in [2.45, 2.75) is 168 Å². The predicted octanol–water partition coefficient (Wildman–Crippen LogP) is 8.09. The van der Waals surface area contributed by atoms with Crippen LogP contribution in [-0.4, -0.2) is 35.6 Å². The number of hydrogen-bond donors (Lipinski definition) is 0. The van der Waals surface area contributed by atoms with E-state index in [2.05, 4.69) is 55.4 Å². The van der Waals surface area contributed by atoms with E-state index in [0.29, 0.717) is 12.2 Å². The molecule has 184 valence electrons. The molecule has 2 fully saturated rings. The quantitative estimate of drug-likeness (QED) is 0.203. The van der Waals surface area contributed by atoms with Gasteiger partial charge in [-0.2, -0.15) is 0 Å². The first-order valence-corrected chi connectivity index (χ1v) is 13.9. The molecule has 2 aliphatic rings. The fourth-order valence-electron chi connectivity index (χ4n) is 5.97. The summed E-state index contributed by atoms with van der Waals surface area (Å²) in [6.45, 7) is 18.3. The van der Waals surface area contributed by atoms with Gasteiger partial charge in [0.1, 0.15) is 11.2 Å². The largest absolute Gasteiger partial charge is 0.369 e. The monoisotopic (exact) mass is 438 g/mol. The first-order chi connectivity index (χ1) is 14.9. The van der Waals surface area contributed by atoms with Crippen molar-refractivity contribution < 1.29 is 14.2 Å². The van der Waals surface area contributed by atoms with E-state index in [1.165, 1.54) is 51.4 Å². The van der Waals surface area contributed by atoms with Crippen LogP contribution in [0.5, 0.6) is 0 Å². The van der Waals surface area contributed by atoms with E-state index in [1.807, 2.05) is 0 Å². The Bertz CT molecular complexity index is 456. The van der Waals surface area contributed by atoms with Gasteiger partial charge in [-0.3, -0.25) is 0 Å². The van der Waals surface area contributed by atoms with E-state index in [-0.39, 0.29) is 23.4 Å². The van der Waals surface area contributed by atoms with Gasteiger partial charge in [-0.25, -0.2) is 0 Å². The molecule has 0 amide bonds. The van der Waals surface area contributed by atoms with Gasteiger partial charge < -0.3 is 14.2 Å². The highest BCUT2D eigenvalue weighted by molar-refractivity contribution is 5.10. The first-order valence-electron chi connectivity index (χ1n) is 13.9. The Morgan fingerprint density at radius 3 is 1.26 bits per heavy atom. The second kappa shape index (κ2) is 12.4. The van der Waals surface area contributed by atoms with Crippen molar-refractivity contribution in [1.29, 1.82) is 0 Å². The molecule has 8 unspecified atom stereocenters.